The lowest BCUT2D eigenvalue weighted by atomic mass is 10.2. The van der Waals surface area contributed by atoms with Crippen LogP contribution in [-0.4, -0.2) is 42.0 Å². The number of halogens is 1. The molecule has 0 aliphatic rings. The Labute approximate surface area is 163 Å². The summed E-state index contributed by atoms with van der Waals surface area (Å²) in [6.45, 7) is 7.62. The van der Waals surface area contributed by atoms with Crippen molar-refractivity contribution in [1.82, 2.24) is 4.90 Å². The molecule has 0 radical (unpaired) electrons. The van der Waals surface area contributed by atoms with Gasteiger partial charge < -0.3 is 15.0 Å². The highest BCUT2D eigenvalue weighted by atomic mass is 35.5. The molecule has 2 aromatic carbocycles. The van der Waals surface area contributed by atoms with Crippen LogP contribution in [0.4, 0.5) is 11.4 Å². The van der Waals surface area contributed by atoms with Gasteiger partial charge in [0, 0.05) is 24.4 Å². The number of nitro benzene ring substituents is 1. The van der Waals surface area contributed by atoms with Crippen LogP contribution in [0.2, 0.25) is 5.02 Å². The fraction of sp³-hybridized carbons (Fsp3) is 0.316. The number of hydrogen-bond acceptors (Lipinski definition) is 5. The molecule has 0 bridgehead atoms. The molecule has 1 amide bonds. The van der Waals surface area contributed by atoms with Gasteiger partial charge in [-0.15, -0.1) is 0 Å². The topological polar surface area (TPSA) is 84.7 Å². The van der Waals surface area contributed by atoms with E-state index in [9.17, 15) is 14.9 Å². The van der Waals surface area contributed by atoms with Gasteiger partial charge in [0.2, 0.25) is 0 Å². The Kier molecular flexibility index (Phi) is 7.57. The minimum absolute atomic E-state index is 0.0260. The minimum Gasteiger partial charge on any atom is -0.492 e. The van der Waals surface area contributed by atoms with Crippen molar-refractivity contribution in [2.24, 2.45) is 0 Å². The van der Waals surface area contributed by atoms with Gasteiger partial charge in [0.15, 0.2) is 0 Å². The van der Waals surface area contributed by atoms with Crippen LogP contribution in [0.1, 0.15) is 24.2 Å². The third-order valence-electron chi connectivity index (χ3n) is 4.09. The molecule has 1 N–H and O–H groups in total. The largest absolute Gasteiger partial charge is 0.492 e. The first-order valence-electron chi connectivity index (χ1n) is 8.65. The van der Waals surface area contributed by atoms with Crippen LogP contribution < -0.4 is 10.1 Å². The van der Waals surface area contributed by atoms with E-state index in [4.69, 9.17) is 16.3 Å². The molecule has 2 rings (SSSR count). The Hall–Kier alpha value is -2.64. The van der Waals surface area contributed by atoms with Crippen molar-refractivity contribution in [2.75, 3.05) is 31.6 Å². The van der Waals surface area contributed by atoms with Crippen molar-refractivity contribution in [3.05, 3.63) is 63.2 Å². The molecular weight excluding hydrogens is 370 g/mol. The van der Waals surface area contributed by atoms with Crippen molar-refractivity contribution in [3.8, 4) is 5.75 Å². The van der Waals surface area contributed by atoms with Gasteiger partial charge >= 0.3 is 0 Å². The van der Waals surface area contributed by atoms with Crippen molar-refractivity contribution >= 4 is 28.9 Å². The molecule has 0 saturated carbocycles. The van der Waals surface area contributed by atoms with Gasteiger partial charge in [-0.2, -0.15) is 0 Å². The highest BCUT2D eigenvalue weighted by Gasteiger charge is 2.15. The van der Waals surface area contributed by atoms with E-state index in [2.05, 4.69) is 24.1 Å². The van der Waals surface area contributed by atoms with E-state index in [1.165, 1.54) is 12.1 Å². The first-order chi connectivity index (χ1) is 12.9. The molecule has 0 atom stereocenters. The van der Waals surface area contributed by atoms with Gasteiger partial charge in [0.25, 0.3) is 11.6 Å². The Bertz CT molecular complexity index is 792. The van der Waals surface area contributed by atoms with Crippen LogP contribution in [0, 0.1) is 10.1 Å². The van der Waals surface area contributed by atoms with E-state index in [1.807, 2.05) is 0 Å². The van der Waals surface area contributed by atoms with Crippen LogP contribution in [0.5, 0.6) is 5.75 Å². The molecule has 0 aliphatic carbocycles. The molecule has 8 heteroatoms. The van der Waals surface area contributed by atoms with Crippen LogP contribution in [-0.2, 0) is 0 Å². The van der Waals surface area contributed by atoms with Crippen molar-refractivity contribution in [3.63, 3.8) is 0 Å². The third-order valence-corrected chi connectivity index (χ3v) is 4.40. The number of hydrogen-bond donors (Lipinski definition) is 1. The zero-order valence-corrected chi connectivity index (χ0v) is 16.0. The lowest BCUT2D eigenvalue weighted by molar-refractivity contribution is -0.384. The molecule has 7 nitrogen and oxygen atoms in total. The molecule has 0 aromatic heterocycles. The fourth-order valence-electron chi connectivity index (χ4n) is 2.47. The second-order valence-electron chi connectivity index (χ2n) is 5.78. The molecule has 144 valence electrons. The summed E-state index contributed by atoms with van der Waals surface area (Å²) in [6, 6.07) is 10.7. The maximum atomic E-state index is 12.3. The zero-order valence-electron chi connectivity index (χ0n) is 15.3. The first-order valence-corrected chi connectivity index (χ1v) is 9.02. The quantitative estimate of drug-likeness (QED) is 0.511. The number of benzene rings is 2. The van der Waals surface area contributed by atoms with Crippen LogP contribution in [0.3, 0.4) is 0 Å². The molecule has 0 heterocycles. The Balaban J connectivity index is 1.94. The number of ether oxygens (including phenoxy) is 1. The number of amides is 1. The Morgan fingerprint density at radius 3 is 2.41 bits per heavy atom. The molecule has 0 saturated heterocycles. The number of nitro groups is 1. The second-order valence-corrected chi connectivity index (χ2v) is 6.18. The normalized spacial score (nSPS) is 10.7. The van der Waals surface area contributed by atoms with Gasteiger partial charge in [0.05, 0.1) is 15.5 Å². The van der Waals surface area contributed by atoms with Gasteiger partial charge in [-0.05, 0) is 43.4 Å². The minimum atomic E-state index is -0.563. The molecule has 0 unspecified atom stereocenters. The maximum Gasteiger partial charge on any atom is 0.270 e. The number of non-ortho nitro benzene ring substituents is 1. The maximum absolute atomic E-state index is 12.3. The summed E-state index contributed by atoms with van der Waals surface area (Å²) in [5, 5.41) is 13.5. The van der Waals surface area contributed by atoms with E-state index in [0.29, 0.717) is 18.0 Å². The first kappa shape index (κ1) is 20.7. The highest BCUT2D eigenvalue weighted by Crippen LogP contribution is 2.24. The molecule has 2 aromatic rings. The number of carbonyl (C=O) groups is 1. The molecule has 27 heavy (non-hydrogen) atoms. The summed E-state index contributed by atoms with van der Waals surface area (Å²) in [4.78, 5) is 24.8. The number of anilines is 1. The van der Waals surface area contributed by atoms with Crippen LogP contribution in [0.15, 0.2) is 42.5 Å². The Morgan fingerprint density at radius 1 is 1.19 bits per heavy atom. The lowest BCUT2D eigenvalue weighted by Crippen LogP contribution is -2.27. The molecule has 0 aliphatic heterocycles. The monoisotopic (exact) mass is 391 g/mol. The number of likely N-dealkylation sites (N-methyl/N-ethyl adjacent to an activating group) is 1. The lowest BCUT2D eigenvalue weighted by Gasteiger charge is -2.18. The summed E-state index contributed by atoms with van der Waals surface area (Å²) in [5.41, 5.74) is 0.579. The summed E-state index contributed by atoms with van der Waals surface area (Å²) in [7, 11) is 0. The average Bonchev–Trinajstić information content (AvgIpc) is 2.66. The van der Waals surface area contributed by atoms with E-state index in [0.717, 1.165) is 25.7 Å². The number of nitrogens with zero attached hydrogens (tertiary/aromatic N) is 2. The van der Waals surface area contributed by atoms with Crippen molar-refractivity contribution in [1.29, 1.82) is 0 Å². The van der Waals surface area contributed by atoms with Crippen molar-refractivity contribution in [2.45, 2.75) is 13.8 Å². The molecular formula is C19H22ClN3O4. The van der Waals surface area contributed by atoms with Gasteiger partial charge in [0.1, 0.15) is 12.4 Å². The van der Waals surface area contributed by atoms with Crippen LogP contribution in [0.25, 0.3) is 0 Å². The SMILES string of the molecule is CCN(CC)CCOc1ccc(NC(=O)c2ccc([N+](=O)[O-])cc2Cl)cc1. The van der Waals surface area contributed by atoms with E-state index in [1.54, 1.807) is 24.3 Å². The van der Waals surface area contributed by atoms with E-state index >= 15 is 0 Å². The molecule has 0 spiro atoms. The number of nitrogens with one attached hydrogen (secondary N) is 1. The second kappa shape index (κ2) is 9.89. The summed E-state index contributed by atoms with van der Waals surface area (Å²) in [6.07, 6.45) is 0. The Morgan fingerprint density at radius 2 is 1.85 bits per heavy atom. The van der Waals surface area contributed by atoms with Crippen LogP contribution >= 0.6 is 11.6 Å². The zero-order chi connectivity index (χ0) is 19.8. The predicted octanol–water partition coefficient (Wildman–Crippen LogP) is 4.22. The van der Waals surface area contributed by atoms with Crippen molar-refractivity contribution < 1.29 is 14.5 Å². The molecule has 0 fully saturated rings. The van der Waals surface area contributed by atoms with Gasteiger partial charge in [-0.3, -0.25) is 14.9 Å². The third kappa shape index (κ3) is 5.94. The predicted molar refractivity (Wildman–Crippen MR) is 106 cm³/mol. The number of rotatable bonds is 9. The highest BCUT2D eigenvalue weighted by molar-refractivity contribution is 6.34. The van der Waals surface area contributed by atoms with Gasteiger partial charge in [-0.1, -0.05) is 25.4 Å². The summed E-state index contributed by atoms with van der Waals surface area (Å²) < 4.78 is 5.70. The standard InChI is InChI=1S/C19H22ClN3O4/c1-3-22(4-2)11-12-27-16-8-5-14(6-9-16)21-19(24)17-10-7-15(23(25)26)13-18(17)20/h5-10,13H,3-4,11-12H2,1-2H3,(H,21,24). The summed E-state index contributed by atoms with van der Waals surface area (Å²) >= 11 is 5.98. The fourth-order valence-corrected chi connectivity index (χ4v) is 2.73. The average molecular weight is 392 g/mol. The smallest absolute Gasteiger partial charge is 0.270 e. The van der Waals surface area contributed by atoms with E-state index < -0.39 is 10.8 Å². The number of carbonyl (C=O) groups excluding carboxylic acids is 1. The summed E-state index contributed by atoms with van der Waals surface area (Å²) in [5.74, 6) is 0.277. The van der Waals surface area contributed by atoms with E-state index in [-0.39, 0.29) is 16.3 Å². The van der Waals surface area contributed by atoms with Gasteiger partial charge in [-0.25, -0.2) is 0 Å².